The van der Waals surface area contributed by atoms with E-state index >= 15 is 0 Å². The van der Waals surface area contributed by atoms with Gasteiger partial charge >= 0.3 is 5.69 Å². The fourth-order valence-electron chi connectivity index (χ4n) is 4.02. The van der Waals surface area contributed by atoms with Crippen LogP contribution in [0.1, 0.15) is 5.56 Å². The molecule has 0 N–H and O–H groups in total. The first-order chi connectivity index (χ1) is 16.6. The fourth-order valence-corrected chi connectivity index (χ4v) is 4.28. The number of aromatic nitrogens is 4. The van der Waals surface area contributed by atoms with Crippen LogP contribution in [0.5, 0.6) is 11.5 Å². The van der Waals surface area contributed by atoms with Crippen molar-refractivity contribution in [2.75, 3.05) is 6.79 Å². The highest BCUT2D eigenvalue weighted by Gasteiger charge is 2.20. The van der Waals surface area contributed by atoms with E-state index in [9.17, 15) is 4.79 Å². The number of benzene rings is 3. The Morgan fingerprint density at radius 3 is 2.26 bits per heavy atom. The summed E-state index contributed by atoms with van der Waals surface area (Å²) in [7, 11) is 0. The van der Waals surface area contributed by atoms with Crippen molar-refractivity contribution in [1.29, 1.82) is 0 Å². The predicted molar refractivity (Wildman–Crippen MR) is 130 cm³/mol. The van der Waals surface area contributed by atoms with Crippen LogP contribution in [0, 0.1) is 0 Å². The van der Waals surface area contributed by atoms with Gasteiger partial charge in [0.25, 0.3) is 0 Å². The Balaban J connectivity index is 1.53. The van der Waals surface area contributed by atoms with E-state index in [1.54, 1.807) is 18.3 Å². The monoisotopic (exact) mass is 490 g/mol. The third kappa shape index (κ3) is 3.59. The van der Waals surface area contributed by atoms with Crippen LogP contribution in [0.2, 0.25) is 10.0 Å². The van der Waals surface area contributed by atoms with Crippen molar-refractivity contribution < 1.29 is 9.47 Å². The summed E-state index contributed by atoms with van der Waals surface area (Å²) < 4.78 is 13.5. The molecule has 0 bridgehead atoms. The molecule has 0 saturated carbocycles. The van der Waals surface area contributed by atoms with E-state index in [0.717, 1.165) is 27.8 Å². The molecule has 2 aromatic heterocycles. The first-order valence-corrected chi connectivity index (χ1v) is 11.2. The first kappa shape index (κ1) is 20.8. The van der Waals surface area contributed by atoms with Crippen LogP contribution in [0.25, 0.3) is 27.9 Å². The molecule has 0 atom stereocenters. The molecule has 0 aliphatic carbocycles. The molecule has 0 unspecified atom stereocenters. The summed E-state index contributed by atoms with van der Waals surface area (Å²) in [5, 5.41) is 10.3. The predicted octanol–water partition coefficient (Wildman–Crippen LogP) is 5.31. The molecule has 6 rings (SSSR count). The summed E-state index contributed by atoms with van der Waals surface area (Å²) in [6.45, 7) is 0.449. The lowest BCUT2D eigenvalue weighted by molar-refractivity contribution is 0.174. The maximum absolute atomic E-state index is 13.2. The summed E-state index contributed by atoms with van der Waals surface area (Å²) in [4.78, 5) is 13.2. The lowest BCUT2D eigenvalue weighted by Crippen LogP contribution is -2.22. The van der Waals surface area contributed by atoms with Crippen LogP contribution in [-0.4, -0.2) is 26.2 Å². The van der Waals surface area contributed by atoms with Gasteiger partial charge in [0.1, 0.15) is 0 Å². The number of nitrogens with zero attached hydrogens (tertiary/aromatic N) is 4. The van der Waals surface area contributed by atoms with Gasteiger partial charge in [-0.3, -0.25) is 0 Å². The molecule has 168 valence electrons. The smallest absolute Gasteiger partial charge is 0.367 e. The second kappa shape index (κ2) is 8.20. The maximum Gasteiger partial charge on any atom is 0.367 e. The van der Waals surface area contributed by atoms with Crippen LogP contribution in [0.3, 0.4) is 0 Å². The zero-order valence-electron chi connectivity index (χ0n) is 17.6. The highest BCUT2D eigenvalue weighted by molar-refractivity contribution is 6.31. The van der Waals surface area contributed by atoms with Gasteiger partial charge in [0.2, 0.25) is 6.79 Å². The third-order valence-corrected chi connectivity index (χ3v) is 6.17. The minimum atomic E-state index is -0.342. The number of halogens is 2. The van der Waals surface area contributed by atoms with E-state index in [1.165, 1.54) is 9.20 Å². The van der Waals surface area contributed by atoms with Crippen molar-refractivity contribution in [1.82, 2.24) is 19.4 Å². The third-order valence-electron chi connectivity index (χ3n) is 5.67. The van der Waals surface area contributed by atoms with Gasteiger partial charge in [-0.15, -0.1) is 5.10 Å². The number of fused-ring (bicyclic) bond motifs is 2. The highest BCUT2D eigenvalue weighted by atomic mass is 35.5. The van der Waals surface area contributed by atoms with Crippen molar-refractivity contribution in [2.24, 2.45) is 0 Å². The molecule has 3 heterocycles. The largest absolute Gasteiger partial charge is 0.454 e. The van der Waals surface area contributed by atoms with E-state index in [2.05, 4.69) is 10.2 Å². The summed E-state index contributed by atoms with van der Waals surface area (Å²) in [6, 6.07) is 20.4. The van der Waals surface area contributed by atoms with Gasteiger partial charge in [-0.1, -0.05) is 53.5 Å². The molecule has 7 nitrogen and oxygen atoms in total. The zero-order valence-corrected chi connectivity index (χ0v) is 19.1. The van der Waals surface area contributed by atoms with Crippen LogP contribution < -0.4 is 15.2 Å². The molecular formula is C25H16Cl2N4O3. The summed E-state index contributed by atoms with van der Waals surface area (Å²) in [5.74, 6) is 1.34. The molecule has 1 aliphatic heterocycles. The molecule has 0 saturated heterocycles. The van der Waals surface area contributed by atoms with Crippen molar-refractivity contribution >= 4 is 28.8 Å². The van der Waals surface area contributed by atoms with Crippen LogP contribution in [-0.2, 0) is 6.54 Å². The molecule has 0 radical (unpaired) electrons. The van der Waals surface area contributed by atoms with Gasteiger partial charge in [0.05, 0.1) is 12.7 Å². The summed E-state index contributed by atoms with van der Waals surface area (Å²) >= 11 is 12.2. The Bertz CT molecular complexity index is 1590. The van der Waals surface area contributed by atoms with Crippen LogP contribution in [0.4, 0.5) is 0 Å². The number of hydrogen-bond donors (Lipinski definition) is 0. The van der Waals surface area contributed by atoms with E-state index < -0.39 is 0 Å². The van der Waals surface area contributed by atoms with Crippen LogP contribution in [0.15, 0.2) is 77.7 Å². The van der Waals surface area contributed by atoms with Gasteiger partial charge in [0, 0.05) is 21.2 Å². The van der Waals surface area contributed by atoms with E-state index in [1.807, 2.05) is 54.6 Å². The normalized spacial score (nSPS) is 12.4. The van der Waals surface area contributed by atoms with Gasteiger partial charge in [0.15, 0.2) is 17.1 Å². The lowest BCUT2D eigenvalue weighted by Gasteiger charge is -2.11. The molecule has 0 fully saturated rings. The van der Waals surface area contributed by atoms with Crippen molar-refractivity contribution in [3.63, 3.8) is 0 Å². The second-order valence-corrected chi connectivity index (χ2v) is 8.68. The van der Waals surface area contributed by atoms with Crippen molar-refractivity contribution in [2.45, 2.75) is 6.54 Å². The van der Waals surface area contributed by atoms with Gasteiger partial charge in [-0.2, -0.15) is 9.61 Å². The van der Waals surface area contributed by atoms with Gasteiger partial charge < -0.3 is 9.47 Å². The van der Waals surface area contributed by atoms with E-state index in [0.29, 0.717) is 27.2 Å². The number of rotatable bonds is 4. The number of hydrogen-bond acceptors (Lipinski definition) is 5. The highest BCUT2D eigenvalue weighted by Crippen LogP contribution is 2.35. The van der Waals surface area contributed by atoms with Crippen LogP contribution >= 0.6 is 23.2 Å². The molecule has 0 amide bonds. The Morgan fingerprint density at radius 2 is 1.53 bits per heavy atom. The Kier molecular flexibility index (Phi) is 5.01. The minimum absolute atomic E-state index is 0.189. The van der Waals surface area contributed by atoms with Gasteiger partial charge in [-0.05, 0) is 53.1 Å². The maximum atomic E-state index is 13.2. The summed E-state index contributed by atoms with van der Waals surface area (Å²) in [5.41, 5.74) is 4.33. The molecule has 9 heteroatoms. The molecule has 0 spiro atoms. The molecule has 1 aliphatic rings. The standard InChI is InChI=1S/C25H16Cl2N4O3/c26-18-6-2-16(3-7-18)20-12-28-31-24(23(20)17-4-8-19(27)9-5-17)29-30(25(31)32)13-15-1-10-21-22(11-15)34-14-33-21/h1-12H,13-14H2. The SMILES string of the molecule is O=c1n(Cc2ccc3c(c2)OCO3)nc2c(-c3ccc(Cl)cc3)c(-c3ccc(Cl)cc3)cnn12. The zero-order chi connectivity index (χ0) is 23.2. The first-order valence-electron chi connectivity index (χ1n) is 10.5. The second-order valence-electron chi connectivity index (χ2n) is 7.81. The Labute approximate surface area is 203 Å². The van der Waals surface area contributed by atoms with Crippen molar-refractivity contribution in [3.8, 4) is 33.8 Å². The molecule has 5 aromatic rings. The molecular weight excluding hydrogens is 475 g/mol. The number of ether oxygens (including phenoxy) is 2. The van der Waals surface area contributed by atoms with E-state index in [4.69, 9.17) is 32.7 Å². The average molecular weight is 491 g/mol. The molecule has 34 heavy (non-hydrogen) atoms. The molecule has 3 aromatic carbocycles. The Hall–Kier alpha value is -3.81. The summed E-state index contributed by atoms with van der Waals surface area (Å²) in [6.07, 6.45) is 1.67. The topological polar surface area (TPSA) is 70.7 Å². The van der Waals surface area contributed by atoms with Gasteiger partial charge in [-0.25, -0.2) is 9.48 Å². The fraction of sp³-hybridized carbons (Fsp3) is 0.0800. The van der Waals surface area contributed by atoms with E-state index in [-0.39, 0.29) is 19.0 Å². The Morgan fingerprint density at radius 1 is 0.853 bits per heavy atom. The quantitative estimate of drug-likeness (QED) is 0.341. The van der Waals surface area contributed by atoms with Crippen molar-refractivity contribution in [3.05, 3.63) is 99.0 Å². The minimum Gasteiger partial charge on any atom is -0.454 e. The lowest BCUT2D eigenvalue weighted by atomic mass is 9.97. The average Bonchev–Trinajstić information content (AvgIpc) is 3.44.